The maximum atomic E-state index is 13.2. The number of carbonyl (C=O) groups is 2. The molecule has 1 aromatic rings. The molecule has 0 aromatic heterocycles. The smallest absolute Gasteiger partial charge is 0.271 e. The SMILES string of the molecule is COc1cccc(C=C2C(=O)N(C3CCS(=O)(=O)C3)C(=O)C(C#N)=C2C)c1OC. The molecule has 1 unspecified atom stereocenters. The van der Waals surface area contributed by atoms with E-state index in [1.807, 2.05) is 6.07 Å². The fraction of sp³-hybridized carbons (Fsp3) is 0.350. The molecule has 0 saturated carbocycles. The van der Waals surface area contributed by atoms with E-state index >= 15 is 0 Å². The number of nitrogens with zero attached hydrogens (tertiary/aromatic N) is 2. The summed E-state index contributed by atoms with van der Waals surface area (Å²) in [6, 6.07) is 6.20. The lowest BCUT2D eigenvalue weighted by atomic mass is 9.92. The van der Waals surface area contributed by atoms with Crippen molar-refractivity contribution in [1.29, 1.82) is 5.26 Å². The number of para-hydroxylation sites is 1. The molecule has 2 aliphatic rings. The second-order valence-electron chi connectivity index (χ2n) is 6.79. The number of methoxy groups -OCH3 is 2. The maximum Gasteiger partial charge on any atom is 0.271 e. The van der Waals surface area contributed by atoms with Gasteiger partial charge in [-0.05, 0) is 31.1 Å². The van der Waals surface area contributed by atoms with Crippen LogP contribution in [0.2, 0.25) is 0 Å². The molecule has 152 valence electrons. The minimum absolute atomic E-state index is 0.0952. The zero-order chi connectivity index (χ0) is 21.3. The third-order valence-corrected chi connectivity index (χ3v) is 6.83. The topological polar surface area (TPSA) is 114 Å². The molecule has 3 rings (SSSR count). The highest BCUT2D eigenvalue weighted by molar-refractivity contribution is 7.91. The molecule has 2 aliphatic heterocycles. The number of hydrogen-bond donors (Lipinski definition) is 0. The van der Waals surface area contributed by atoms with Crippen LogP contribution in [0.4, 0.5) is 0 Å². The van der Waals surface area contributed by atoms with Crippen molar-refractivity contribution in [3.8, 4) is 17.6 Å². The lowest BCUT2D eigenvalue weighted by molar-refractivity contribution is -0.142. The second-order valence-corrected chi connectivity index (χ2v) is 9.02. The first-order valence-corrected chi connectivity index (χ1v) is 10.7. The predicted molar refractivity (Wildman–Crippen MR) is 105 cm³/mol. The molecule has 0 radical (unpaired) electrons. The lowest BCUT2D eigenvalue weighted by Gasteiger charge is -2.31. The van der Waals surface area contributed by atoms with E-state index in [1.54, 1.807) is 18.2 Å². The van der Waals surface area contributed by atoms with E-state index in [9.17, 15) is 23.3 Å². The Morgan fingerprint density at radius 1 is 1.21 bits per heavy atom. The van der Waals surface area contributed by atoms with Gasteiger partial charge >= 0.3 is 0 Å². The van der Waals surface area contributed by atoms with E-state index in [-0.39, 0.29) is 34.6 Å². The Morgan fingerprint density at radius 3 is 2.48 bits per heavy atom. The first kappa shape index (κ1) is 20.6. The van der Waals surface area contributed by atoms with Gasteiger partial charge in [0, 0.05) is 11.1 Å². The van der Waals surface area contributed by atoms with Gasteiger partial charge < -0.3 is 9.47 Å². The number of imide groups is 1. The number of carbonyl (C=O) groups excluding carboxylic acids is 2. The number of hydrogen-bond acceptors (Lipinski definition) is 7. The van der Waals surface area contributed by atoms with Crippen molar-refractivity contribution < 1.29 is 27.5 Å². The Balaban J connectivity index is 2.15. The predicted octanol–water partition coefficient (Wildman–Crippen LogP) is 1.48. The molecule has 0 spiro atoms. The summed E-state index contributed by atoms with van der Waals surface area (Å²) in [5, 5.41) is 9.49. The molecule has 0 N–H and O–H groups in total. The highest BCUT2D eigenvalue weighted by Crippen LogP contribution is 2.36. The summed E-state index contributed by atoms with van der Waals surface area (Å²) in [4.78, 5) is 26.9. The van der Waals surface area contributed by atoms with E-state index in [0.29, 0.717) is 17.1 Å². The van der Waals surface area contributed by atoms with Crippen molar-refractivity contribution in [2.24, 2.45) is 0 Å². The molecule has 0 bridgehead atoms. The van der Waals surface area contributed by atoms with E-state index in [2.05, 4.69) is 0 Å². The van der Waals surface area contributed by atoms with Crippen molar-refractivity contribution in [2.75, 3.05) is 25.7 Å². The molecular weight excluding hydrogens is 396 g/mol. The van der Waals surface area contributed by atoms with E-state index in [1.165, 1.54) is 27.2 Å². The van der Waals surface area contributed by atoms with Gasteiger partial charge in [0.1, 0.15) is 11.6 Å². The summed E-state index contributed by atoms with van der Waals surface area (Å²) in [7, 11) is -0.377. The van der Waals surface area contributed by atoms with Gasteiger partial charge in [-0.15, -0.1) is 0 Å². The van der Waals surface area contributed by atoms with E-state index < -0.39 is 27.7 Å². The monoisotopic (exact) mass is 416 g/mol. The summed E-state index contributed by atoms with van der Waals surface area (Å²) in [6.45, 7) is 1.52. The van der Waals surface area contributed by atoms with Gasteiger partial charge in [-0.1, -0.05) is 12.1 Å². The Kier molecular flexibility index (Phi) is 5.48. The van der Waals surface area contributed by atoms with Crippen LogP contribution >= 0.6 is 0 Å². The molecule has 0 aliphatic carbocycles. The molecule has 1 atom stereocenters. The second kappa shape index (κ2) is 7.72. The molecule has 29 heavy (non-hydrogen) atoms. The summed E-state index contributed by atoms with van der Waals surface area (Å²) >= 11 is 0. The van der Waals surface area contributed by atoms with Gasteiger partial charge in [0.05, 0.1) is 31.8 Å². The molecular formula is C20H20N2O6S. The fourth-order valence-electron chi connectivity index (χ4n) is 3.59. The molecule has 1 aromatic carbocycles. The Morgan fingerprint density at radius 2 is 1.93 bits per heavy atom. The number of sulfone groups is 1. The number of nitriles is 1. The van der Waals surface area contributed by atoms with Crippen molar-refractivity contribution in [3.63, 3.8) is 0 Å². The Bertz CT molecular complexity index is 1090. The summed E-state index contributed by atoms with van der Waals surface area (Å²) in [6.07, 6.45) is 1.69. The highest BCUT2D eigenvalue weighted by Gasteiger charge is 2.43. The standard InChI is InChI=1S/C20H20N2O6S/c1-12-15(9-13-5-4-6-17(27-2)18(13)28-3)19(23)22(20(24)16(12)10-21)14-7-8-29(25,26)11-14/h4-6,9,14H,7-8,11H2,1-3H3. The summed E-state index contributed by atoms with van der Waals surface area (Å²) in [5.41, 5.74) is 0.726. The quantitative estimate of drug-likeness (QED) is 0.539. The number of amides is 2. The number of ether oxygens (including phenoxy) is 2. The van der Waals surface area contributed by atoms with Crippen molar-refractivity contribution >= 4 is 27.7 Å². The van der Waals surface area contributed by atoms with Gasteiger partial charge in [-0.2, -0.15) is 5.26 Å². The van der Waals surface area contributed by atoms with Crippen LogP contribution in [0.1, 0.15) is 18.9 Å². The molecule has 1 saturated heterocycles. The van der Waals surface area contributed by atoms with Crippen LogP contribution in [0.25, 0.3) is 6.08 Å². The average molecular weight is 416 g/mol. The van der Waals surface area contributed by atoms with Crippen LogP contribution in [0, 0.1) is 11.3 Å². The van der Waals surface area contributed by atoms with Gasteiger partial charge in [0.25, 0.3) is 11.8 Å². The van der Waals surface area contributed by atoms with Crippen molar-refractivity contribution in [1.82, 2.24) is 4.90 Å². The first-order valence-electron chi connectivity index (χ1n) is 8.86. The third kappa shape index (κ3) is 3.63. The van der Waals surface area contributed by atoms with E-state index in [0.717, 1.165) is 4.90 Å². The minimum atomic E-state index is -3.33. The minimum Gasteiger partial charge on any atom is -0.493 e. The van der Waals surface area contributed by atoms with Crippen LogP contribution in [0.15, 0.2) is 34.9 Å². The van der Waals surface area contributed by atoms with Crippen LogP contribution in [-0.2, 0) is 19.4 Å². The van der Waals surface area contributed by atoms with Crippen molar-refractivity contribution in [2.45, 2.75) is 19.4 Å². The third-order valence-electron chi connectivity index (χ3n) is 5.08. The lowest BCUT2D eigenvalue weighted by Crippen LogP contribution is -2.49. The zero-order valence-corrected chi connectivity index (χ0v) is 17.1. The van der Waals surface area contributed by atoms with Gasteiger partial charge in [0.15, 0.2) is 21.3 Å². The Labute approximate surface area is 168 Å². The van der Waals surface area contributed by atoms with Crippen LogP contribution < -0.4 is 9.47 Å². The first-order chi connectivity index (χ1) is 13.7. The van der Waals surface area contributed by atoms with Crippen LogP contribution in [0.3, 0.4) is 0 Å². The molecule has 2 amide bonds. The molecule has 1 fully saturated rings. The van der Waals surface area contributed by atoms with Crippen LogP contribution in [-0.4, -0.2) is 56.9 Å². The normalized spacial score (nSPS) is 22.8. The zero-order valence-electron chi connectivity index (χ0n) is 16.3. The molecule has 8 nitrogen and oxygen atoms in total. The van der Waals surface area contributed by atoms with Gasteiger partial charge in [-0.3, -0.25) is 14.5 Å². The summed E-state index contributed by atoms with van der Waals surface area (Å²) < 4.78 is 34.4. The van der Waals surface area contributed by atoms with Crippen molar-refractivity contribution in [3.05, 3.63) is 40.5 Å². The van der Waals surface area contributed by atoms with Crippen LogP contribution in [0.5, 0.6) is 11.5 Å². The van der Waals surface area contributed by atoms with E-state index in [4.69, 9.17) is 9.47 Å². The highest BCUT2D eigenvalue weighted by atomic mass is 32.2. The maximum absolute atomic E-state index is 13.2. The van der Waals surface area contributed by atoms with Gasteiger partial charge in [0.2, 0.25) is 0 Å². The fourth-order valence-corrected chi connectivity index (χ4v) is 5.29. The average Bonchev–Trinajstić information content (AvgIpc) is 3.04. The van der Waals surface area contributed by atoms with Gasteiger partial charge in [-0.25, -0.2) is 8.42 Å². The summed E-state index contributed by atoms with van der Waals surface area (Å²) in [5.74, 6) is -0.916. The number of rotatable bonds is 4. The molecule has 9 heteroatoms. The number of benzene rings is 1. The Hall–Kier alpha value is -3.12. The molecule has 2 heterocycles. The largest absolute Gasteiger partial charge is 0.493 e.